The van der Waals surface area contributed by atoms with Crippen molar-refractivity contribution in [3.63, 3.8) is 0 Å². The molecule has 1 atom stereocenters. The van der Waals surface area contributed by atoms with E-state index >= 15 is 0 Å². The topological polar surface area (TPSA) is 71.0 Å². The molecular formula is C20H22N2O4. The number of piperidine rings is 1. The van der Waals surface area contributed by atoms with Gasteiger partial charge in [-0.3, -0.25) is 9.69 Å². The molecule has 1 saturated heterocycles. The van der Waals surface area contributed by atoms with Gasteiger partial charge in [0.15, 0.2) is 11.5 Å². The summed E-state index contributed by atoms with van der Waals surface area (Å²) in [5.74, 6) is 1.43. The number of likely N-dealkylation sites (tertiary alicyclic amines) is 1. The molecule has 0 bridgehead atoms. The number of benzene rings is 2. The molecule has 0 spiro atoms. The third-order valence-corrected chi connectivity index (χ3v) is 4.89. The van der Waals surface area contributed by atoms with E-state index < -0.39 is 0 Å². The van der Waals surface area contributed by atoms with Crippen LogP contribution in [-0.4, -0.2) is 35.8 Å². The lowest BCUT2D eigenvalue weighted by Gasteiger charge is -2.32. The van der Waals surface area contributed by atoms with Gasteiger partial charge in [-0.2, -0.15) is 0 Å². The van der Waals surface area contributed by atoms with Gasteiger partial charge in [0, 0.05) is 30.4 Å². The largest absolute Gasteiger partial charge is 0.507 e. The lowest BCUT2D eigenvalue weighted by Crippen LogP contribution is -2.40. The predicted octanol–water partition coefficient (Wildman–Crippen LogP) is 2.97. The zero-order chi connectivity index (χ0) is 17.9. The number of phenols is 1. The molecule has 136 valence electrons. The maximum atomic E-state index is 12.6. The van der Waals surface area contributed by atoms with Gasteiger partial charge in [-0.1, -0.05) is 18.2 Å². The fraction of sp³-hybridized carbons (Fsp3) is 0.350. The van der Waals surface area contributed by atoms with Crippen LogP contribution in [0.2, 0.25) is 0 Å². The first-order valence-corrected chi connectivity index (χ1v) is 8.89. The third-order valence-electron chi connectivity index (χ3n) is 4.89. The molecule has 0 unspecified atom stereocenters. The standard InChI is InChI=1S/C20H22N2O4/c23-17-10-19-18(25-13-26-19)9-15(17)12-22-8-4-5-14(11-22)20(24)21-16-6-2-1-3-7-16/h1-3,6-7,9-10,14,23H,4-5,8,11-13H2,(H,21,24)/t14-/m0/s1. The zero-order valence-corrected chi connectivity index (χ0v) is 14.5. The summed E-state index contributed by atoms with van der Waals surface area (Å²) in [5.41, 5.74) is 1.61. The molecule has 6 heteroatoms. The van der Waals surface area contributed by atoms with E-state index in [1.165, 1.54) is 0 Å². The Morgan fingerprint density at radius 3 is 2.77 bits per heavy atom. The molecule has 2 heterocycles. The summed E-state index contributed by atoms with van der Waals surface area (Å²) in [7, 11) is 0. The number of nitrogens with one attached hydrogen (secondary N) is 1. The summed E-state index contributed by atoms with van der Waals surface area (Å²) in [5, 5.41) is 13.2. The molecule has 2 aliphatic heterocycles. The van der Waals surface area contributed by atoms with Crippen LogP contribution >= 0.6 is 0 Å². The minimum absolute atomic E-state index is 0.0517. The summed E-state index contributed by atoms with van der Waals surface area (Å²) in [6, 6.07) is 12.9. The highest BCUT2D eigenvalue weighted by Crippen LogP contribution is 2.38. The number of anilines is 1. The maximum Gasteiger partial charge on any atom is 0.231 e. The van der Waals surface area contributed by atoms with E-state index in [2.05, 4.69) is 10.2 Å². The van der Waals surface area contributed by atoms with Crippen molar-refractivity contribution < 1.29 is 19.4 Å². The Hall–Kier alpha value is -2.73. The lowest BCUT2D eigenvalue weighted by molar-refractivity contribution is -0.121. The molecule has 0 saturated carbocycles. The van der Waals surface area contributed by atoms with Crippen LogP contribution in [0.1, 0.15) is 18.4 Å². The SMILES string of the molecule is O=C(Nc1ccccc1)[C@H]1CCCN(Cc2cc3c(cc2O)OCO3)C1. The fourth-order valence-corrected chi connectivity index (χ4v) is 3.52. The van der Waals surface area contributed by atoms with Crippen LogP contribution in [0.15, 0.2) is 42.5 Å². The van der Waals surface area contributed by atoms with Crippen molar-refractivity contribution in [2.24, 2.45) is 5.92 Å². The highest BCUT2D eigenvalue weighted by Gasteiger charge is 2.27. The smallest absolute Gasteiger partial charge is 0.231 e. The van der Waals surface area contributed by atoms with Gasteiger partial charge < -0.3 is 19.9 Å². The van der Waals surface area contributed by atoms with Crippen molar-refractivity contribution >= 4 is 11.6 Å². The van der Waals surface area contributed by atoms with Crippen LogP contribution in [-0.2, 0) is 11.3 Å². The Bertz CT molecular complexity index is 794. The number of ether oxygens (including phenoxy) is 2. The quantitative estimate of drug-likeness (QED) is 0.883. The normalized spacial score (nSPS) is 19.3. The molecule has 2 aromatic carbocycles. The Kier molecular flexibility index (Phi) is 4.67. The molecule has 0 aromatic heterocycles. The third kappa shape index (κ3) is 3.60. The molecule has 0 aliphatic carbocycles. The molecule has 2 N–H and O–H groups in total. The first-order valence-electron chi connectivity index (χ1n) is 8.89. The summed E-state index contributed by atoms with van der Waals surface area (Å²) in [6.07, 6.45) is 1.83. The number of para-hydroxylation sites is 1. The number of rotatable bonds is 4. The number of nitrogens with zero attached hydrogens (tertiary/aromatic N) is 1. The van der Waals surface area contributed by atoms with Gasteiger partial charge in [0.1, 0.15) is 5.75 Å². The Morgan fingerprint density at radius 2 is 1.96 bits per heavy atom. The predicted molar refractivity (Wildman–Crippen MR) is 97.3 cm³/mol. The first kappa shape index (κ1) is 16.7. The Labute approximate surface area is 152 Å². The molecule has 1 fully saturated rings. The Balaban J connectivity index is 1.40. The highest BCUT2D eigenvalue weighted by atomic mass is 16.7. The number of aromatic hydroxyl groups is 1. The number of amides is 1. The molecule has 26 heavy (non-hydrogen) atoms. The summed E-state index contributed by atoms with van der Waals surface area (Å²) < 4.78 is 10.7. The van der Waals surface area contributed by atoms with Gasteiger partial charge in [-0.05, 0) is 37.6 Å². The van der Waals surface area contributed by atoms with Crippen LogP contribution in [0.5, 0.6) is 17.2 Å². The van der Waals surface area contributed by atoms with Crippen molar-refractivity contribution in [1.29, 1.82) is 0 Å². The van der Waals surface area contributed by atoms with E-state index in [0.29, 0.717) is 24.6 Å². The number of carbonyl (C=O) groups is 1. The molecule has 0 radical (unpaired) electrons. The molecular weight excluding hydrogens is 332 g/mol. The average Bonchev–Trinajstić information content (AvgIpc) is 3.10. The van der Waals surface area contributed by atoms with Crippen molar-refractivity contribution in [3.05, 3.63) is 48.0 Å². The second kappa shape index (κ2) is 7.25. The van der Waals surface area contributed by atoms with Crippen molar-refractivity contribution in [3.8, 4) is 17.2 Å². The van der Waals surface area contributed by atoms with Crippen molar-refractivity contribution in [1.82, 2.24) is 4.90 Å². The van der Waals surface area contributed by atoms with E-state index in [-0.39, 0.29) is 24.4 Å². The number of hydrogen-bond donors (Lipinski definition) is 2. The van der Waals surface area contributed by atoms with Crippen molar-refractivity contribution in [2.75, 3.05) is 25.2 Å². The van der Waals surface area contributed by atoms with E-state index in [4.69, 9.17) is 9.47 Å². The van der Waals surface area contributed by atoms with Gasteiger partial charge in [-0.25, -0.2) is 0 Å². The number of carbonyl (C=O) groups excluding carboxylic acids is 1. The van der Waals surface area contributed by atoms with E-state index in [1.54, 1.807) is 6.07 Å². The minimum atomic E-state index is -0.0555. The van der Waals surface area contributed by atoms with E-state index in [1.807, 2.05) is 36.4 Å². The summed E-state index contributed by atoms with van der Waals surface area (Å²) in [6.45, 7) is 2.34. The molecule has 4 rings (SSSR count). The first-order chi connectivity index (χ1) is 12.7. The number of hydrogen-bond acceptors (Lipinski definition) is 5. The molecule has 2 aromatic rings. The average molecular weight is 354 g/mol. The Morgan fingerprint density at radius 1 is 1.19 bits per heavy atom. The summed E-state index contributed by atoms with van der Waals surface area (Å²) in [4.78, 5) is 14.8. The van der Waals surface area contributed by atoms with Crippen LogP contribution in [0, 0.1) is 5.92 Å². The monoisotopic (exact) mass is 354 g/mol. The van der Waals surface area contributed by atoms with Crippen molar-refractivity contribution in [2.45, 2.75) is 19.4 Å². The number of fused-ring (bicyclic) bond motifs is 1. The highest BCUT2D eigenvalue weighted by molar-refractivity contribution is 5.92. The number of phenolic OH excluding ortho intramolecular Hbond substituents is 1. The van der Waals surface area contributed by atoms with Gasteiger partial charge in [0.2, 0.25) is 12.7 Å². The molecule has 6 nitrogen and oxygen atoms in total. The summed E-state index contributed by atoms with van der Waals surface area (Å²) >= 11 is 0. The van der Waals surface area contributed by atoms with Gasteiger partial charge in [0.25, 0.3) is 0 Å². The van der Waals surface area contributed by atoms with Gasteiger partial charge in [-0.15, -0.1) is 0 Å². The van der Waals surface area contributed by atoms with Crippen LogP contribution in [0.25, 0.3) is 0 Å². The maximum absolute atomic E-state index is 12.6. The second-order valence-electron chi connectivity index (χ2n) is 6.76. The zero-order valence-electron chi connectivity index (χ0n) is 14.5. The van der Waals surface area contributed by atoms with E-state index in [9.17, 15) is 9.90 Å². The fourth-order valence-electron chi connectivity index (χ4n) is 3.52. The lowest BCUT2D eigenvalue weighted by atomic mass is 9.96. The minimum Gasteiger partial charge on any atom is -0.507 e. The molecule has 1 amide bonds. The van der Waals surface area contributed by atoms with E-state index in [0.717, 1.165) is 30.6 Å². The van der Waals surface area contributed by atoms with Crippen LogP contribution < -0.4 is 14.8 Å². The molecule has 2 aliphatic rings. The van der Waals surface area contributed by atoms with Crippen LogP contribution in [0.4, 0.5) is 5.69 Å². The van der Waals surface area contributed by atoms with Crippen LogP contribution in [0.3, 0.4) is 0 Å². The second-order valence-corrected chi connectivity index (χ2v) is 6.76. The van der Waals surface area contributed by atoms with Gasteiger partial charge >= 0.3 is 0 Å². The van der Waals surface area contributed by atoms with Gasteiger partial charge in [0.05, 0.1) is 5.92 Å².